The first-order chi connectivity index (χ1) is 9.53. The molecule has 0 aliphatic carbocycles. The third-order valence-electron chi connectivity index (χ3n) is 3.30. The molecule has 6 nitrogen and oxygen atoms in total. The van der Waals surface area contributed by atoms with Crippen LogP contribution in [0.15, 0.2) is 30.3 Å². The van der Waals surface area contributed by atoms with E-state index in [1.807, 2.05) is 30.3 Å². The van der Waals surface area contributed by atoms with Crippen LogP contribution in [-0.2, 0) is 20.9 Å². The average molecular weight is 279 g/mol. The number of rotatable bonds is 9. The van der Waals surface area contributed by atoms with E-state index in [1.54, 1.807) is 0 Å². The monoisotopic (exact) mass is 279 g/mol. The molecule has 20 heavy (non-hydrogen) atoms. The highest BCUT2D eigenvalue weighted by Crippen LogP contribution is 2.25. The Labute approximate surface area is 118 Å². The Balaban J connectivity index is 2.55. The molecule has 110 valence electrons. The van der Waals surface area contributed by atoms with Gasteiger partial charge in [0, 0.05) is 6.61 Å². The lowest BCUT2D eigenvalue weighted by atomic mass is 9.80. The molecule has 1 rings (SSSR count). The van der Waals surface area contributed by atoms with Crippen LogP contribution in [0.25, 0.3) is 0 Å². The molecule has 0 spiro atoms. The minimum Gasteiger partial charge on any atom is -0.377 e. The molecule has 0 unspecified atom stereocenters. The van der Waals surface area contributed by atoms with Gasteiger partial charge in [-0.2, -0.15) is 0 Å². The van der Waals surface area contributed by atoms with Gasteiger partial charge in [0.05, 0.1) is 6.61 Å². The van der Waals surface area contributed by atoms with Crippen LogP contribution in [0.1, 0.15) is 18.4 Å². The molecule has 0 aliphatic rings. The zero-order valence-electron chi connectivity index (χ0n) is 11.4. The third-order valence-corrected chi connectivity index (χ3v) is 3.30. The van der Waals surface area contributed by atoms with E-state index in [4.69, 9.17) is 21.9 Å². The van der Waals surface area contributed by atoms with Crippen molar-refractivity contribution >= 4 is 11.8 Å². The number of amides is 2. The molecule has 0 saturated heterocycles. The molecular weight excluding hydrogens is 258 g/mol. The Morgan fingerprint density at radius 1 is 1.05 bits per heavy atom. The number of hydrogen-bond donors (Lipinski definition) is 3. The van der Waals surface area contributed by atoms with Crippen LogP contribution in [0.2, 0.25) is 0 Å². The standard InChI is InChI=1S/C14H21N3O3/c15-8-6-14(12(16)18,13(17)19)7-9-20-10-11-4-2-1-3-5-11/h1-5H,6-10,15H2,(H2,16,18)(H2,17,19). The summed E-state index contributed by atoms with van der Waals surface area (Å²) in [6.07, 6.45) is 0.272. The number of nitrogens with two attached hydrogens (primary N) is 3. The third kappa shape index (κ3) is 4.04. The molecule has 6 N–H and O–H groups in total. The van der Waals surface area contributed by atoms with Crippen molar-refractivity contribution in [3.8, 4) is 0 Å². The summed E-state index contributed by atoms with van der Waals surface area (Å²) in [5.74, 6) is -1.50. The lowest BCUT2D eigenvalue weighted by molar-refractivity contribution is -0.141. The minimum atomic E-state index is -1.43. The van der Waals surface area contributed by atoms with Gasteiger partial charge in [0.15, 0.2) is 0 Å². The van der Waals surface area contributed by atoms with Crippen molar-refractivity contribution in [2.45, 2.75) is 19.4 Å². The molecule has 1 aromatic rings. The van der Waals surface area contributed by atoms with Crippen molar-refractivity contribution in [3.63, 3.8) is 0 Å². The van der Waals surface area contributed by atoms with Crippen LogP contribution >= 0.6 is 0 Å². The zero-order chi connectivity index (χ0) is 15.0. The van der Waals surface area contributed by atoms with E-state index in [1.165, 1.54) is 0 Å². The summed E-state index contributed by atoms with van der Waals surface area (Å²) >= 11 is 0. The Hall–Kier alpha value is -1.92. The molecule has 0 heterocycles. The number of primary amides is 2. The summed E-state index contributed by atoms with van der Waals surface area (Å²) < 4.78 is 5.47. The van der Waals surface area contributed by atoms with Crippen LogP contribution in [0, 0.1) is 5.41 Å². The number of carbonyl (C=O) groups excluding carboxylic acids is 2. The first-order valence-electron chi connectivity index (χ1n) is 6.44. The zero-order valence-corrected chi connectivity index (χ0v) is 11.4. The van der Waals surface area contributed by atoms with Gasteiger partial charge in [-0.1, -0.05) is 30.3 Å². The van der Waals surface area contributed by atoms with Crippen molar-refractivity contribution < 1.29 is 14.3 Å². The summed E-state index contributed by atoms with van der Waals surface area (Å²) in [6, 6.07) is 9.58. The van der Waals surface area contributed by atoms with E-state index in [9.17, 15) is 9.59 Å². The number of benzene rings is 1. The molecular formula is C14H21N3O3. The number of ether oxygens (including phenoxy) is 1. The lowest BCUT2D eigenvalue weighted by Crippen LogP contribution is -2.49. The maximum atomic E-state index is 11.5. The van der Waals surface area contributed by atoms with Crippen molar-refractivity contribution in [2.24, 2.45) is 22.6 Å². The van der Waals surface area contributed by atoms with Crippen molar-refractivity contribution in [2.75, 3.05) is 13.2 Å². The second kappa shape index (κ2) is 7.62. The van der Waals surface area contributed by atoms with Crippen molar-refractivity contribution in [3.05, 3.63) is 35.9 Å². The quantitative estimate of drug-likeness (QED) is 0.431. The van der Waals surface area contributed by atoms with Crippen molar-refractivity contribution in [1.29, 1.82) is 0 Å². The summed E-state index contributed by atoms with van der Waals surface area (Å²) in [4.78, 5) is 23.1. The van der Waals surface area contributed by atoms with Gasteiger partial charge in [-0.05, 0) is 24.9 Å². The molecule has 0 fully saturated rings. The first-order valence-corrected chi connectivity index (χ1v) is 6.44. The average Bonchev–Trinajstić information content (AvgIpc) is 2.42. The smallest absolute Gasteiger partial charge is 0.233 e. The topological polar surface area (TPSA) is 121 Å². The predicted molar refractivity (Wildman–Crippen MR) is 75.2 cm³/mol. The largest absolute Gasteiger partial charge is 0.377 e. The number of carbonyl (C=O) groups is 2. The maximum Gasteiger partial charge on any atom is 0.233 e. The maximum absolute atomic E-state index is 11.5. The predicted octanol–water partition coefficient (Wildman–Crippen LogP) is -0.101. The van der Waals surface area contributed by atoms with Gasteiger partial charge in [0.1, 0.15) is 5.41 Å². The molecule has 0 aromatic heterocycles. The highest BCUT2D eigenvalue weighted by atomic mass is 16.5. The highest BCUT2D eigenvalue weighted by molar-refractivity contribution is 6.03. The van der Waals surface area contributed by atoms with Crippen LogP contribution < -0.4 is 17.2 Å². The van der Waals surface area contributed by atoms with Crippen LogP contribution in [-0.4, -0.2) is 25.0 Å². The fourth-order valence-electron chi connectivity index (χ4n) is 2.00. The van der Waals surface area contributed by atoms with E-state index in [2.05, 4.69) is 0 Å². The molecule has 2 amide bonds. The molecule has 6 heteroatoms. The molecule has 0 saturated carbocycles. The summed E-state index contributed by atoms with van der Waals surface area (Å²) in [7, 11) is 0. The Kier molecular flexibility index (Phi) is 6.14. The second-order valence-corrected chi connectivity index (χ2v) is 4.64. The lowest BCUT2D eigenvalue weighted by Gasteiger charge is -2.26. The first kappa shape index (κ1) is 16.1. The summed E-state index contributed by atoms with van der Waals surface area (Å²) in [5, 5.41) is 0. The molecule has 0 atom stereocenters. The Morgan fingerprint density at radius 2 is 1.65 bits per heavy atom. The fraction of sp³-hybridized carbons (Fsp3) is 0.429. The SMILES string of the molecule is NCCC(CCOCc1ccccc1)(C(N)=O)C(N)=O. The van der Waals surface area contributed by atoms with Gasteiger partial charge in [-0.25, -0.2) is 0 Å². The summed E-state index contributed by atoms with van der Waals surface area (Å²) in [6.45, 7) is 0.766. The number of hydrogen-bond acceptors (Lipinski definition) is 4. The highest BCUT2D eigenvalue weighted by Gasteiger charge is 2.41. The van der Waals surface area contributed by atoms with E-state index in [0.29, 0.717) is 6.61 Å². The minimum absolute atomic E-state index is 0.131. The van der Waals surface area contributed by atoms with E-state index in [-0.39, 0.29) is 26.0 Å². The normalized spacial score (nSPS) is 11.2. The van der Waals surface area contributed by atoms with E-state index in [0.717, 1.165) is 5.56 Å². The van der Waals surface area contributed by atoms with E-state index >= 15 is 0 Å². The van der Waals surface area contributed by atoms with Crippen molar-refractivity contribution in [1.82, 2.24) is 0 Å². The Morgan fingerprint density at radius 3 is 2.15 bits per heavy atom. The fourth-order valence-corrected chi connectivity index (χ4v) is 2.00. The van der Waals surface area contributed by atoms with Gasteiger partial charge in [-0.15, -0.1) is 0 Å². The van der Waals surface area contributed by atoms with Gasteiger partial charge in [0.2, 0.25) is 11.8 Å². The van der Waals surface area contributed by atoms with Crippen LogP contribution in [0.5, 0.6) is 0 Å². The van der Waals surface area contributed by atoms with Gasteiger partial charge in [0.25, 0.3) is 0 Å². The molecule has 0 radical (unpaired) electrons. The van der Waals surface area contributed by atoms with Gasteiger partial charge in [-0.3, -0.25) is 9.59 Å². The Bertz CT molecular complexity index is 434. The molecule has 1 aromatic carbocycles. The summed E-state index contributed by atoms with van der Waals surface area (Å²) in [5.41, 5.74) is 15.6. The molecule has 0 aliphatic heterocycles. The van der Waals surface area contributed by atoms with Gasteiger partial charge < -0.3 is 21.9 Å². The van der Waals surface area contributed by atoms with Crippen LogP contribution in [0.3, 0.4) is 0 Å². The van der Waals surface area contributed by atoms with Crippen LogP contribution in [0.4, 0.5) is 0 Å². The molecule has 0 bridgehead atoms. The second-order valence-electron chi connectivity index (χ2n) is 4.64. The van der Waals surface area contributed by atoms with Gasteiger partial charge >= 0.3 is 0 Å². The van der Waals surface area contributed by atoms with E-state index < -0.39 is 17.2 Å².